The van der Waals surface area contributed by atoms with Crippen LogP contribution in [0.3, 0.4) is 0 Å². The number of halogens is 1. The van der Waals surface area contributed by atoms with Gasteiger partial charge in [-0.15, -0.1) is 21.2 Å². The van der Waals surface area contributed by atoms with Crippen LogP contribution in [-0.2, 0) is 0 Å². The van der Waals surface area contributed by atoms with Crippen molar-refractivity contribution in [2.24, 2.45) is 0 Å². The third kappa shape index (κ3) is 392. The number of hydrogen-bond acceptors (Lipinski definition) is 0. The molecule has 0 N–H and O–H groups in total. The maximum Gasteiger partial charge on any atom is 2.00 e. The standard InChI is InChI=1S/C4H9.C3H9Si.ClH.Mg/c2*1-4(2)3;;/h1-3H3;4H,1H2,2-3H3;1H;/q2*-1;;+2. The monoisotopic (exact) mass is 190 g/mol. The van der Waals surface area contributed by atoms with Crippen LogP contribution in [0.2, 0.25) is 13.1 Å². The van der Waals surface area contributed by atoms with Crippen molar-refractivity contribution >= 4 is 44.3 Å². The van der Waals surface area contributed by atoms with Gasteiger partial charge < -0.3 is 12.5 Å². The summed E-state index contributed by atoms with van der Waals surface area (Å²) in [5.74, 6) is 1.42. The summed E-state index contributed by atoms with van der Waals surface area (Å²) in [5.41, 5.74) is 0. The first-order valence-corrected chi connectivity index (χ1v) is 6.19. The Balaban J connectivity index is -0.0000000300. The minimum Gasteiger partial charge on any atom is -0.345 e. The average Bonchev–Trinajstić information content (AvgIpc) is 1.25. The van der Waals surface area contributed by atoms with Gasteiger partial charge in [0.1, 0.15) is 0 Å². The molecule has 0 aromatic heterocycles. The Morgan fingerprint density at radius 2 is 1.10 bits per heavy atom. The maximum atomic E-state index is 3.78. The zero-order valence-electron chi connectivity index (χ0n) is 7.90. The molecule has 0 saturated carbocycles. The Kier molecular flexibility index (Phi) is 37.6. The molecule has 60 valence electrons. The third-order valence-electron chi connectivity index (χ3n) is 0. The van der Waals surface area contributed by atoms with Gasteiger partial charge in [0.25, 0.3) is 0 Å². The van der Waals surface area contributed by atoms with Crippen molar-refractivity contribution in [3.63, 3.8) is 0 Å². The van der Waals surface area contributed by atoms with Gasteiger partial charge in [-0.25, -0.2) is 0 Å². The molecule has 0 unspecified atom stereocenters. The molecule has 0 radical (unpaired) electrons. The van der Waals surface area contributed by atoms with Gasteiger partial charge in [-0.2, -0.15) is 20.8 Å². The van der Waals surface area contributed by atoms with Gasteiger partial charge in [-0.1, -0.05) is 13.1 Å². The van der Waals surface area contributed by atoms with E-state index in [1.165, 1.54) is 5.92 Å². The molecular weight excluding hydrogens is 172 g/mol. The van der Waals surface area contributed by atoms with E-state index >= 15 is 0 Å². The Morgan fingerprint density at radius 3 is 1.10 bits per heavy atom. The minimum absolute atomic E-state index is 0. The van der Waals surface area contributed by atoms with Gasteiger partial charge in [0.05, 0.1) is 0 Å². The van der Waals surface area contributed by atoms with Crippen molar-refractivity contribution in [1.82, 2.24) is 0 Å². The van der Waals surface area contributed by atoms with Gasteiger partial charge in [0, 0.05) is 0 Å². The van der Waals surface area contributed by atoms with Crippen molar-refractivity contribution in [2.75, 3.05) is 0 Å². The Morgan fingerprint density at radius 1 is 1.10 bits per heavy atom. The summed E-state index contributed by atoms with van der Waals surface area (Å²) in [4.78, 5) is 0. The molecule has 0 aliphatic rings. The van der Waals surface area contributed by atoms with Crippen LogP contribution in [0.4, 0.5) is 0 Å². The molecule has 0 heterocycles. The van der Waals surface area contributed by atoms with Crippen LogP contribution < -0.4 is 0 Å². The van der Waals surface area contributed by atoms with Gasteiger partial charge >= 0.3 is 23.1 Å². The minimum atomic E-state index is -0.389. The van der Waals surface area contributed by atoms with E-state index in [0.717, 1.165) is 0 Å². The summed E-state index contributed by atoms with van der Waals surface area (Å²) in [5, 5.41) is 0. The summed E-state index contributed by atoms with van der Waals surface area (Å²) in [7, 11) is -0.389. The molecule has 0 spiro atoms. The first kappa shape index (κ1) is 22.5. The van der Waals surface area contributed by atoms with Crippen LogP contribution in [-0.4, -0.2) is 31.8 Å². The second-order valence-electron chi connectivity index (χ2n) is 2.89. The van der Waals surface area contributed by atoms with E-state index in [2.05, 4.69) is 40.4 Å². The van der Waals surface area contributed by atoms with Crippen molar-refractivity contribution in [2.45, 2.75) is 33.9 Å². The second-order valence-corrected chi connectivity index (χ2v) is 5.68. The van der Waals surface area contributed by atoms with Crippen LogP contribution in [0.15, 0.2) is 0 Å². The predicted octanol–water partition coefficient (Wildman–Crippen LogP) is 2.51. The molecular formula is C7H19ClMgSi. The zero-order chi connectivity index (χ0) is 7.15. The summed E-state index contributed by atoms with van der Waals surface area (Å²) >= 11 is 0. The number of rotatable bonds is 0. The molecule has 0 nitrogen and oxygen atoms in total. The van der Waals surface area contributed by atoms with E-state index in [0.29, 0.717) is 0 Å². The molecule has 0 aromatic rings. The predicted molar refractivity (Wildman–Crippen MR) is 57.5 cm³/mol. The van der Waals surface area contributed by atoms with Gasteiger partial charge in [0.15, 0.2) is 0 Å². The zero-order valence-corrected chi connectivity index (χ0v) is 11.3. The smallest absolute Gasteiger partial charge is 0.345 e. The quantitative estimate of drug-likeness (QED) is 0.407. The molecule has 10 heavy (non-hydrogen) atoms. The largest absolute Gasteiger partial charge is 2.00 e. The first-order chi connectivity index (χ1) is 3.46. The summed E-state index contributed by atoms with van der Waals surface area (Å²) < 4.78 is 0. The molecule has 0 aliphatic carbocycles. The molecule has 3 heteroatoms. The Hall–Kier alpha value is 1.27. The summed E-state index contributed by atoms with van der Waals surface area (Å²) in [6.45, 7) is 14.4. The van der Waals surface area contributed by atoms with Crippen LogP contribution in [0.1, 0.15) is 20.8 Å². The summed E-state index contributed by atoms with van der Waals surface area (Å²) in [6, 6.07) is 0. The van der Waals surface area contributed by atoms with Crippen molar-refractivity contribution in [3.05, 3.63) is 12.5 Å². The van der Waals surface area contributed by atoms with E-state index in [1.807, 2.05) is 0 Å². The van der Waals surface area contributed by atoms with Crippen LogP contribution in [0.5, 0.6) is 0 Å². The van der Waals surface area contributed by atoms with Crippen molar-refractivity contribution < 1.29 is 0 Å². The second kappa shape index (κ2) is 16.7. The van der Waals surface area contributed by atoms with Gasteiger partial charge in [-0.05, 0) is 0 Å². The SMILES string of the molecule is C[C-](C)C.Cl.[CH2-][SiH](C)C.[Mg+2]. The molecule has 0 fully saturated rings. The van der Waals surface area contributed by atoms with E-state index in [4.69, 9.17) is 0 Å². The van der Waals surface area contributed by atoms with Crippen LogP contribution >= 0.6 is 12.4 Å². The van der Waals surface area contributed by atoms with Crippen molar-refractivity contribution in [3.8, 4) is 0 Å². The fourth-order valence-electron chi connectivity index (χ4n) is 0. The average molecular weight is 191 g/mol. The van der Waals surface area contributed by atoms with E-state index in [1.54, 1.807) is 0 Å². The van der Waals surface area contributed by atoms with Crippen molar-refractivity contribution in [1.29, 1.82) is 0 Å². The normalized spacial score (nSPS) is 7.20. The fraction of sp³-hybridized carbons (Fsp3) is 0.714. The van der Waals surface area contributed by atoms with E-state index in [-0.39, 0.29) is 44.3 Å². The van der Waals surface area contributed by atoms with Gasteiger partial charge in [-0.3, -0.25) is 0 Å². The molecule has 0 saturated heterocycles. The van der Waals surface area contributed by atoms with Crippen LogP contribution in [0, 0.1) is 12.5 Å². The molecule has 0 aliphatic heterocycles. The molecule has 0 aromatic carbocycles. The van der Waals surface area contributed by atoms with E-state index in [9.17, 15) is 0 Å². The maximum absolute atomic E-state index is 3.78. The van der Waals surface area contributed by atoms with Crippen LogP contribution in [0.25, 0.3) is 0 Å². The fourth-order valence-corrected chi connectivity index (χ4v) is 0. The first-order valence-electron chi connectivity index (χ1n) is 3.06. The van der Waals surface area contributed by atoms with Gasteiger partial charge in [0.2, 0.25) is 0 Å². The Labute approximate surface area is 90.3 Å². The third-order valence-corrected chi connectivity index (χ3v) is 0. The van der Waals surface area contributed by atoms with E-state index < -0.39 is 0 Å². The Bertz CT molecular complexity index is 29.1. The molecule has 0 rings (SSSR count). The number of hydrogen-bond donors (Lipinski definition) is 0. The molecule has 0 atom stereocenters. The summed E-state index contributed by atoms with van der Waals surface area (Å²) in [6.07, 6.45) is 0. The topological polar surface area (TPSA) is 0 Å². The molecule has 0 bridgehead atoms. The molecule has 0 amide bonds.